The second-order valence-corrected chi connectivity index (χ2v) is 4.86. The van der Waals surface area contributed by atoms with Gasteiger partial charge in [-0.05, 0) is 38.9 Å². The van der Waals surface area contributed by atoms with Crippen molar-refractivity contribution >= 4 is 11.5 Å². The molecule has 0 spiro atoms. The van der Waals surface area contributed by atoms with Gasteiger partial charge in [-0.2, -0.15) is 0 Å². The van der Waals surface area contributed by atoms with E-state index in [1.807, 2.05) is 13.1 Å². The monoisotopic (exact) mass is 244 g/mol. The number of nitrogens with one attached hydrogen (secondary N) is 1. The van der Waals surface area contributed by atoms with E-state index in [9.17, 15) is 0 Å². The third-order valence-corrected chi connectivity index (χ3v) is 3.55. The molecule has 3 rings (SSSR count). The summed E-state index contributed by atoms with van der Waals surface area (Å²) in [6, 6.07) is 6.88. The Morgan fingerprint density at radius 1 is 1.44 bits per heavy atom. The Labute approximate surface area is 108 Å². The van der Waals surface area contributed by atoms with Crippen molar-refractivity contribution < 1.29 is 0 Å². The fourth-order valence-electron chi connectivity index (χ4n) is 2.56. The van der Waals surface area contributed by atoms with Gasteiger partial charge in [-0.3, -0.25) is 0 Å². The Morgan fingerprint density at radius 3 is 2.94 bits per heavy atom. The van der Waals surface area contributed by atoms with Crippen LogP contribution in [0.3, 0.4) is 0 Å². The Hall–Kier alpha value is -1.55. The first-order valence-electron chi connectivity index (χ1n) is 6.72. The van der Waals surface area contributed by atoms with Crippen molar-refractivity contribution in [2.45, 2.75) is 32.4 Å². The topological polar surface area (TPSA) is 32.6 Å². The predicted molar refractivity (Wildman–Crippen MR) is 74.0 cm³/mol. The van der Waals surface area contributed by atoms with Crippen molar-refractivity contribution in [2.24, 2.45) is 0 Å². The summed E-state index contributed by atoms with van der Waals surface area (Å²) in [7, 11) is 1.99. The molecule has 96 valence electrons. The molecule has 0 amide bonds. The zero-order valence-electron chi connectivity index (χ0n) is 11.1. The molecule has 2 heterocycles. The minimum Gasteiger partial charge on any atom is -0.352 e. The van der Waals surface area contributed by atoms with E-state index in [1.165, 1.54) is 18.5 Å². The predicted octanol–water partition coefficient (Wildman–Crippen LogP) is 2.04. The highest BCUT2D eigenvalue weighted by Crippen LogP contribution is 2.33. The van der Waals surface area contributed by atoms with Gasteiger partial charge in [-0.25, -0.2) is 4.98 Å². The normalized spacial score (nSPS) is 15.2. The van der Waals surface area contributed by atoms with Crippen molar-refractivity contribution in [1.29, 1.82) is 0 Å². The first-order chi connectivity index (χ1) is 8.85. The molecule has 0 bridgehead atoms. The lowest BCUT2D eigenvalue weighted by Gasteiger charge is -2.21. The third-order valence-electron chi connectivity index (χ3n) is 3.55. The average Bonchev–Trinajstić information content (AvgIpc) is 3.16. The van der Waals surface area contributed by atoms with Crippen molar-refractivity contribution in [3.8, 4) is 0 Å². The number of imidazole rings is 1. The Balaban J connectivity index is 2.10. The molecular weight excluding hydrogens is 224 g/mol. The molecule has 0 aliphatic heterocycles. The zero-order chi connectivity index (χ0) is 12.5. The second-order valence-electron chi connectivity index (χ2n) is 4.86. The van der Waals surface area contributed by atoms with E-state index in [1.54, 1.807) is 0 Å². The summed E-state index contributed by atoms with van der Waals surface area (Å²) >= 11 is 0. The standard InChI is InChI=1S/C14H20N4/c1-3-17(11-7-8-11)14-12(10-15-2)18-9-5-4-6-13(18)16-14/h4-6,9,11,15H,3,7-8,10H2,1-2H3. The Kier molecular flexibility index (Phi) is 2.96. The molecular formula is C14H20N4. The maximum absolute atomic E-state index is 4.81. The highest BCUT2D eigenvalue weighted by molar-refractivity contribution is 5.57. The van der Waals surface area contributed by atoms with Crippen LogP contribution in [0.1, 0.15) is 25.5 Å². The highest BCUT2D eigenvalue weighted by Gasteiger charge is 2.31. The number of hydrogen-bond donors (Lipinski definition) is 1. The number of nitrogens with zero attached hydrogens (tertiary/aromatic N) is 3. The number of pyridine rings is 1. The van der Waals surface area contributed by atoms with Gasteiger partial charge in [0.05, 0.1) is 5.69 Å². The Morgan fingerprint density at radius 2 is 2.28 bits per heavy atom. The van der Waals surface area contributed by atoms with Gasteiger partial charge in [0.25, 0.3) is 0 Å². The van der Waals surface area contributed by atoms with E-state index in [2.05, 4.69) is 39.9 Å². The zero-order valence-corrected chi connectivity index (χ0v) is 11.1. The summed E-state index contributed by atoms with van der Waals surface area (Å²) in [6.45, 7) is 4.10. The fraction of sp³-hybridized carbons (Fsp3) is 0.500. The van der Waals surface area contributed by atoms with Crippen LogP contribution in [-0.4, -0.2) is 29.0 Å². The molecule has 2 aromatic heterocycles. The van der Waals surface area contributed by atoms with Gasteiger partial charge in [-0.15, -0.1) is 0 Å². The van der Waals surface area contributed by atoms with Crippen LogP contribution >= 0.6 is 0 Å². The van der Waals surface area contributed by atoms with Crippen LogP contribution in [-0.2, 0) is 6.54 Å². The molecule has 4 heteroatoms. The molecule has 2 aromatic rings. The lowest BCUT2D eigenvalue weighted by atomic mass is 10.3. The van der Waals surface area contributed by atoms with Crippen LogP contribution in [0, 0.1) is 0 Å². The van der Waals surface area contributed by atoms with E-state index >= 15 is 0 Å². The van der Waals surface area contributed by atoms with E-state index in [4.69, 9.17) is 4.98 Å². The minimum atomic E-state index is 0.704. The maximum atomic E-state index is 4.81. The molecule has 1 N–H and O–H groups in total. The van der Waals surface area contributed by atoms with Gasteiger partial charge in [0.1, 0.15) is 5.65 Å². The third kappa shape index (κ3) is 1.86. The van der Waals surface area contributed by atoms with Crippen LogP contribution in [0.2, 0.25) is 0 Å². The first-order valence-corrected chi connectivity index (χ1v) is 6.72. The van der Waals surface area contributed by atoms with E-state index < -0.39 is 0 Å². The number of rotatable bonds is 5. The summed E-state index contributed by atoms with van der Waals surface area (Å²) in [6.07, 6.45) is 4.71. The van der Waals surface area contributed by atoms with Gasteiger partial charge in [-0.1, -0.05) is 6.07 Å². The summed E-state index contributed by atoms with van der Waals surface area (Å²) in [5, 5.41) is 3.25. The smallest absolute Gasteiger partial charge is 0.152 e. The average molecular weight is 244 g/mol. The molecule has 0 aromatic carbocycles. The second kappa shape index (κ2) is 4.61. The van der Waals surface area contributed by atoms with Crippen molar-refractivity contribution in [3.63, 3.8) is 0 Å². The number of anilines is 1. The summed E-state index contributed by atoms with van der Waals surface area (Å²) in [5.74, 6) is 1.15. The summed E-state index contributed by atoms with van der Waals surface area (Å²) < 4.78 is 2.19. The molecule has 0 radical (unpaired) electrons. The van der Waals surface area contributed by atoms with Crippen molar-refractivity contribution in [1.82, 2.24) is 14.7 Å². The van der Waals surface area contributed by atoms with Gasteiger partial charge in [0.2, 0.25) is 0 Å². The van der Waals surface area contributed by atoms with Gasteiger partial charge < -0.3 is 14.6 Å². The van der Waals surface area contributed by atoms with Crippen molar-refractivity contribution in [3.05, 3.63) is 30.1 Å². The molecule has 1 aliphatic rings. The largest absolute Gasteiger partial charge is 0.352 e. The van der Waals surface area contributed by atoms with Gasteiger partial charge in [0.15, 0.2) is 5.82 Å². The fourth-order valence-corrected chi connectivity index (χ4v) is 2.56. The highest BCUT2D eigenvalue weighted by atomic mass is 15.3. The lowest BCUT2D eigenvalue weighted by Crippen LogP contribution is -2.27. The SMILES string of the molecule is CCN(c1nc2ccccn2c1CNC)C1CC1. The molecule has 1 fully saturated rings. The number of fused-ring (bicyclic) bond motifs is 1. The Bertz CT molecular complexity index is 542. The molecule has 18 heavy (non-hydrogen) atoms. The van der Waals surface area contributed by atoms with Crippen LogP contribution in [0.4, 0.5) is 5.82 Å². The first kappa shape index (κ1) is 11.5. The lowest BCUT2D eigenvalue weighted by molar-refractivity contribution is 0.754. The number of hydrogen-bond acceptors (Lipinski definition) is 3. The molecule has 0 atom stereocenters. The van der Waals surface area contributed by atoms with Gasteiger partial charge in [0, 0.05) is 25.3 Å². The molecule has 4 nitrogen and oxygen atoms in total. The van der Waals surface area contributed by atoms with Crippen LogP contribution in [0.5, 0.6) is 0 Å². The van der Waals surface area contributed by atoms with E-state index in [0.29, 0.717) is 6.04 Å². The molecule has 1 saturated carbocycles. The van der Waals surface area contributed by atoms with Crippen molar-refractivity contribution in [2.75, 3.05) is 18.5 Å². The van der Waals surface area contributed by atoms with Gasteiger partial charge >= 0.3 is 0 Å². The molecule has 0 unspecified atom stereocenters. The maximum Gasteiger partial charge on any atom is 0.152 e. The van der Waals surface area contributed by atoms with Crippen LogP contribution in [0.25, 0.3) is 5.65 Å². The summed E-state index contributed by atoms with van der Waals surface area (Å²) in [5.41, 5.74) is 2.30. The summed E-state index contributed by atoms with van der Waals surface area (Å²) in [4.78, 5) is 7.26. The van der Waals surface area contributed by atoms with Crippen LogP contribution < -0.4 is 10.2 Å². The van der Waals surface area contributed by atoms with E-state index in [0.717, 1.165) is 24.6 Å². The molecule has 0 saturated heterocycles. The molecule has 1 aliphatic carbocycles. The minimum absolute atomic E-state index is 0.704. The quantitative estimate of drug-likeness (QED) is 0.873. The van der Waals surface area contributed by atoms with E-state index in [-0.39, 0.29) is 0 Å². The number of aromatic nitrogens is 2. The van der Waals surface area contributed by atoms with Crippen LogP contribution in [0.15, 0.2) is 24.4 Å².